The third-order valence-corrected chi connectivity index (χ3v) is 7.24. The molecule has 0 saturated carbocycles. The Balaban J connectivity index is 1.93. The number of halogens is 2. The van der Waals surface area contributed by atoms with Gasteiger partial charge >= 0.3 is 0 Å². The smallest absolute Gasteiger partial charge is 0.271 e. The van der Waals surface area contributed by atoms with Gasteiger partial charge in [-0.1, -0.05) is 23.2 Å². The van der Waals surface area contributed by atoms with E-state index in [1.54, 1.807) is 17.0 Å². The van der Waals surface area contributed by atoms with Crippen LogP contribution < -0.4 is 4.72 Å². The van der Waals surface area contributed by atoms with Crippen molar-refractivity contribution in [1.82, 2.24) is 4.90 Å². The summed E-state index contributed by atoms with van der Waals surface area (Å²) < 4.78 is 28.0. The van der Waals surface area contributed by atoms with Gasteiger partial charge in [-0.3, -0.25) is 9.52 Å². The summed E-state index contributed by atoms with van der Waals surface area (Å²) in [7, 11) is -3.84. The van der Waals surface area contributed by atoms with Crippen LogP contribution >= 0.6 is 34.5 Å². The van der Waals surface area contributed by atoms with Gasteiger partial charge in [0.15, 0.2) is 0 Å². The van der Waals surface area contributed by atoms with E-state index in [0.717, 1.165) is 30.6 Å². The van der Waals surface area contributed by atoms with Crippen LogP contribution in [-0.4, -0.2) is 32.3 Å². The molecule has 0 spiro atoms. The maximum absolute atomic E-state index is 12.8. The van der Waals surface area contributed by atoms with Crippen molar-refractivity contribution >= 4 is 56.2 Å². The number of rotatable bonds is 4. The molecule has 1 aromatic carbocycles. The van der Waals surface area contributed by atoms with Crippen molar-refractivity contribution in [1.29, 1.82) is 0 Å². The average molecular weight is 419 g/mol. The van der Waals surface area contributed by atoms with Crippen LogP contribution in [0, 0.1) is 0 Å². The normalized spacial score (nSPS) is 15.2. The van der Waals surface area contributed by atoms with E-state index in [1.165, 1.54) is 18.2 Å². The Morgan fingerprint density at radius 2 is 1.80 bits per heavy atom. The number of nitrogens with zero attached hydrogens (tertiary/aromatic N) is 1. The second-order valence-electron chi connectivity index (χ2n) is 5.71. The molecule has 0 bridgehead atoms. The lowest BCUT2D eigenvalue weighted by atomic mass is 10.1. The number of hydrogen-bond acceptors (Lipinski definition) is 4. The Labute approximate surface area is 160 Å². The highest BCUT2D eigenvalue weighted by Crippen LogP contribution is 2.30. The first-order chi connectivity index (χ1) is 11.9. The van der Waals surface area contributed by atoms with Gasteiger partial charge in [-0.25, -0.2) is 8.42 Å². The topological polar surface area (TPSA) is 66.5 Å². The van der Waals surface area contributed by atoms with Crippen molar-refractivity contribution in [2.75, 3.05) is 17.8 Å². The summed E-state index contributed by atoms with van der Waals surface area (Å²) in [5.41, 5.74) is 0.463. The fourth-order valence-corrected chi connectivity index (χ4v) is 5.42. The second-order valence-corrected chi connectivity index (χ2v) is 9.77. The summed E-state index contributed by atoms with van der Waals surface area (Å²) in [5.74, 6) is -0.196. The van der Waals surface area contributed by atoms with Gasteiger partial charge in [0.05, 0.1) is 15.6 Å². The molecule has 1 saturated heterocycles. The minimum atomic E-state index is -3.84. The Morgan fingerprint density at radius 1 is 1.08 bits per heavy atom. The zero-order valence-electron chi connectivity index (χ0n) is 13.2. The Bertz CT molecular complexity index is 891. The quantitative estimate of drug-likeness (QED) is 0.795. The fourth-order valence-electron chi connectivity index (χ4n) is 2.69. The molecule has 1 fully saturated rings. The molecule has 25 heavy (non-hydrogen) atoms. The molecule has 5 nitrogen and oxygen atoms in total. The van der Waals surface area contributed by atoms with Crippen molar-refractivity contribution in [2.45, 2.75) is 23.5 Å². The number of nitrogens with one attached hydrogen (secondary N) is 1. The highest BCUT2D eigenvalue weighted by molar-refractivity contribution is 7.94. The number of anilines is 1. The van der Waals surface area contributed by atoms with E-state index in [-0.39, 0.29) is 21.4 Å². The number of sulfonamides is 1. The first-order valence-corrected chi connectivity index (χ1v) is 10.8. The minimum Gasteiger partial charge on any atom is -0.339 e. The van der Waals surface area contributed by atoms with Gasteiger partial charge in [0, 0.05) is 18.1 Å². The van der Waals surface area contributed by atoms with Gasteiger partial charge < -0.3 is 4.90 Å². The van der Waals surface area contributed by atoms with E-state index in [1.807, 2.05) is 0 Å². The van der Waals surface area contributed by atoms with Crippen LogP contribution in [0.4, 0.5) is 5.69 Å². The van der Waals surface area contributed by atoms with Crippen LogP contribution in [0.3, 0.4) is 0 Å². The summed E-state index contributed by atoms with van der Waals surface area (Å²) in [6.07, 6.45) is 3.01. The lowest BCUT2D eigenvalue weighted by molar-refractivity contribution is 0.0725. The molecule has 0 atom stereocenters. The molecule has 1 aliphatic heterocycles. The monoisotopic (exact) mass is 418 g/mol. The number of thiophene rings is 1. The fraction of sp³-hybridized carbons (Fsp3) is 0.312. The van der Waals surface area contributed by atoms with Gasteiger partial charge in [-0.15, -0.1) is 11.3 Å². The SMILES string of the molecule is O=C(c1ccc(Cl)cc1NS(=O)(=O)c1ccc(Cl)s1)N1CCCCC1. The van der Waals surface area contributed by atoms with E-state index in [0.29, 0.717) is 22.4 Å². The van der Waals surface area contributed by atoms with Crippen molar-refractivity contribution in [3.63, 3.8) is 0 Å². The van der Waals surface area contributed by atoms with Crippen LogP contribution in [0.1, 0.15) is 29.6 Å². The number of likely N-dealkylation sites (tertiary alicyclic amines) is 1. The molecule has 0 aliphatic carbocycles. The van der Waals surface area contributed by atoms with E-state index in [9.17, 15) is 13.2 Å². The number of benzene rings is 1. The Kier molecular flexibility index (Phi) is 5.58. The number of amides is 1. The first kappa shape index (κ1) is 18.5. The molecular weight excluding hydrogens is 403 g/mol. The molecule has 0 unspecified atom stereocenters. The minimum absolute atomic E-state index is 0.0776. The van der Waals surface area contributed by atoms with Crippen molar-refractivity contribution in [3.05, 3.63) is 45.3 Å². The van der Waals surface area contributed by atoms with Crippen LogP contribution in [-0.2, 0) is 10.0 Å². The number of piperidine rings is 1. The predicted molar refractivity (Wildman–Crippen MR) is 101 cm³/mol. The van der Waals surface area contributed by atoms with Crippen molar-refractivity contribution in [2.24, 2.45) is 0 Å². The summed E-state index contributed by atoms with van der Waals surface area (Å²) in [6.45, 7) is 1.35. The van der Waals surface area contributed by atoms with E-state index >= 15 is 0 Å². The van der Waals surface area contributed by atoms with Crippen LogP contribution in [0.2, 0.25) is 9.36 Å². The average Bonchev–Trinajstić information content (AvgIpc) is 3.02. The van der Waals surface area contributed by atoms with E-state index in [2.05, 4.69) is 4.72 Å². The van der Waals surface area contributed by atoms with E-state index in [4.69, 9.17) is 23.2 Å². The van der Waals surface area contributed by atoms with Gasteiger partial charge in [-0.05, 0) is 49.6 Å². The third kappa shape index (κ3) is 4.28. The molecule has 2 heterocycles. The van der Waals surface area contributed by atoms with Crippen LogP contribution in [0.25, 0.3) is 0 Å². The number of carbonyl (C=O) groups excluding carboxylic acids is 1. The van der Waals surface area contributed by atoms with Crippen molar-refractivity contribution < 1.29 is 13.2 Å². The molecule has 1 N–H and O–H groups in total. The maximum atomic E-state index is 12.8. The van der Waals surface area contributed by atoms with Gasteiger partial charge in [0.25, 0.3) is 15.9 Å². The maximum Gasteiger partial charge on any atom is 0.271 e. The molecule has 3 rings (SSSR count). The first-order valence-electron chi connectivity index (χ1n) is 7.74. The number of carbonyl (C=O) groups is 1. The lowest BCUT2D eigenvalue weighted by Crippen LogP contribution is -2.36. The van der Waals surface area contributed by atoms with Crippen LogP contribution in [0.15, 0.2) is 34.5 Å². The van der Waals surface area contributed by atoms with Crippen LogP contribution in [0.5, 0.6) is 0 Å². The summed E-state index contributed by atoms with van der Waals surface area (Å²) in [5, 5.41) is 0.345. The molecule has 2 aromatic rings. The second kappa shape index (κ2) is 7.53. The molecule has 9 heteroatoms. The van der Waals surface area contributed by atoms with Gasteiger partial charge in [-0.2, -0.15) is 0 Å². The largest absolute Gasteiger partial charge is 0.339 e. The molecule has 1 aliphatic rings. The van der Waals surface area contributed by atoms with Gasteiger partial charge in [0.1, 0.15) is 4.21 Å². The zero-order chi connectivity index (χ0) is 18.0. The lowest BCUT2D eigenvalue weighted by Gasteiger charge is -2.27. The number of hydrogen-bond donors (Lipinski definition) is 1. The zero-order valence-corrected chi connectivity index (χ0v) is 16.3. The highest BCUT2D eigenvalue weighted by atomic mass is 35.5. The molecule has 1 amide bonds. The predicted octanol–water partition coefficient (Wildman–Crippen LogP) is 4.48. The highest BCUT2D eigenvalue weighted by Gasteiger charge is 2.24. The molecule has 134 valence electrons. The summed E-state index contributed by atoms with van der Waals surface area (Å²) in [4.78, 5) is 14.5. The molecule has 0 radical (unpaired) electrons. The molecule has 1 aromatic heterocycles. The third-order valence-electron chi connectivity index (χ3n) is 3.91. The van der Waals surface area contributed by atoms with Gasteiger partial charge in [0.2, 0.25) is 0 Å². The Hall–Kier alpha value is -1.28. The summed E-state index contributed by atoms with van der Waals surface area (Å²) in [6, 6.07) is 7.52. The van der Waals surface area contributed by atoms with Crippen molar-refractivity contribution in [3.8, 4) is 0 Å². The van der Waals surface area contributed by atoms with E-state index < -0.39 is 10.0 Å². The summed E-state index contributed by atoms with van der Waals surface area (Å²) >= 11 is 12.8. The Morgan fingerprint density at radius 3 is 2.44 bits per heavy atom. The standard InChI is InChI=1S/C16H16Cl2N2O3S2/c17-11-4-5-12(16(21)20-8-2-1-3-9-20)13(10-11)19-25(22,23)15-7-6-14(18)24-15/h4-7,10,19H,1-3,8-9H2. The molecular formula is C16H16Cl2N2O3S2.